The lowest BCUT2D eigenvalue weighted by molar-refractivity contribution is -0.184. The molecule has 0 aliphatic heterocycles. The van der Waals surface area contributed by atoms with E-state index in [2.05, 4.69) is 5.32 Å². The second kappa shape index (κ2) is 5.75. The van der Waals surface area contributed by atoms with Crippen LogP contribution in [0.5, 0.6) is 0 Å². The highest BCUT2D eigenvalue weighted by molar-refractivity contribution is 6.18. The molecule has 0 aromatic carbocycles. The van der Waals surface area contributed by atoms with Crippen molar-refractivity contribution in [1.29, 1.82) is 0 Å². The summed E-state index contributed by atoms with van der Waals surface area (Å²) in [7, 11) is 0. The summed E-state index contributed by atoms with van der Waals surface area (Å²) in [6.07, 6.45) is -3.36. The van der Waals surface area contributed by atoms with Gasteiger partial charge in [-0.25, -0.2) is 0 Å². The van der Waals surface area contributed by atoms with Crippen molar-refractivity contribution in [3.05, 3.63) is 0 Å². The van der Waals surface area contributed by atoms with Gasteiger partial charge in [-0.15, -0.1) is 11.6 Å². The number of carbonyl (C=O) groups excluding carboxylic acids is 1. The quantitative estimate of drug-likeness (QED) is 0.774. The monoisotopic (exact) mass is 257 g/mol. The summed E-state index contributed by atoms with van der Waals surface area (Å²) in [6, 6.07) is 0. The zero-order chi connectivity index (χ0) is 12.2. The third-order valence-electron chi connectivity index (χ3n) is 2.95. The van der Waals surface area contributed by atoms with E-state index in [9.17, 15) is 18.0 Å². The first kappa shape index (κ1) is 13.6. The zero-order valence-electron chi connectivity index (χ0n) is 8.82. The van der Waals surface area contributed by atoms with Gasteiger partial charge in [-0.05, 0) is 25.7 Å². The summed E-state index contributed by atoms with van der Waals surface area (Å²) < 4.78 is 37.1. The molecule has 94 valence electrons. The molecule has 0 bridgehead atoms. The van der Waals surface area contributed by atoms with Crippen molar-refractivity contribution in [3.63, 3.8) is 0 Å². The van der Waals surface area contributed by atoms with Crippen LogP contribution in [0, 0.1) is 11.8 Å². The highest BCUT2D eigenvalue weighted by Gasteiger charge is 2.42. The van der Waals surface area contributed by atoms with Gasteiger partial charge in [0.05, 0.1) is 5.92 Å². The average Bonchev–Trinajstić information content (AvgIpc) is 2.25. The number of carbonyl (C=O) groups is 1. The largest absolute Gasteiger partial charge is 0.391 e. The lowest BCUT2D eigenvalue weighted by Gasteiger charge is -2.29. The predicted octanol–water partition coefficient (Wildman–Crippen LogP) is 2.71. The summed E-state index contributed by atoms with van der Waals surface area (Å²) in [5.41, 5.74) is 0. The Balaban J connectivity index is 2.34. The predicted molar refractivity (Wildman–Crippen MR) is 55.2 cm³/mol. The Labute approximate surface area is 97.5 Å². The number of nitrogens with one attached hydrogen (secondary N) is 1. The summed E-state index contributed by atoms with van der Waals surface area (Å²) in [6.45, 7) is 0.375. The Morgan fingerprint density at radius 2 is 1.81 bits per heavy atom. The van der Waals surface area contributed by atoms with Crippen molar-refractivity contribution < 1.29 is 18.0 Å². The topological polar surface area (TPSA) is 29.1 Å². The van der Waals surface area contributed by atoms with Gasteiger partial charge in [-0.1, -0.05) is 0 Å². The zero-order valence-corrected chi connectivity index (χ0v) is 9.57. The second-order valence-electron chi connectivity index (χ2n) is 4.07. The van der Waals surface area contributed by atoms with Gasteiger partial charge in [-0.2, -0.15) is 13.2 Å². The molecule has 0 radical (unpaired) electrons. The molecule has 1 amide bonds. The highest BCUT2D eigenvalue weighted by atomic mass is 35.5. The maximum atomic E-state index is 12.4. The standard InChI is InChI=1S/C10H15ClF3NO/c11-5-6-15-9(16)7-1-3-8(4-2-7)10(12,13)14/h7-8H,1-6H2,(H,15,16). The first-order valence-corrected chi connectivity index (χ1v) is 5.89. The first-order valence-electron chi connectivity index (χ1n) is 5.35. The fourth-order valence-corrected chi connectivity index (χ4v) is 2.09. The van der Waals surface area contributed by atoms with Crippen LogP contribution in [0.2, 0.25) is 0 Å². The molecule has 0 heterocycles. The smallest absolute Gasteiger partial charge is 0.355 e. The molecule has 2 nitrogen and oxygen atoms in total. The minimum absolute atomic E-state index is 0.0580. The molecule has 1 N–H and O–H groups in total. The van der Waals surface area contributed by atoms with E-state index in [0.29, 0.717) is 25.3 Å². The van der Waals surface area contributed by atoms with Gasteiger partial charge in [0, 0.05) is 18.3 Å². The number of rotatable bonds is 3. The SMILES string of the molecule is O=C(NCCCl)C1CCC(C(F)(F)F)CC1. The van der Waals surface area contributed by atoms with E-state index < -0.39 is 12.1 Å². The number of halogens is 4. The maximum Gasteiger partial charge on any atom is 0.391 e. The van der Waals surface area contributed by atoms with Gasteiger partial charge in [0.1, 0.15) is 0 Å². The van der Waals surface area contributed by atoms with Crippen molar-refractivity contribution in [3.8, 4) is 0 Å². The average molecular weight is 258 g/mol. The van der Waals surface area contributed by atoms with E-state index in [4.69, 9.17) is 11.6 Å². The molecule has 0 spiro atoms. The van der Waals surface area contributed by atoms with Crippen LogP contribution >= 0.6 is 11.6 Å². The Morgan fingerprint density at radius 1 is 1.25 bits per heavy atom. The molecule has 0 aromatic rings. The lowest BCUT2D eigenvalue weighted by atomic mass is 9.81. The van der Waals surface area contributed by atoms with E-state index >= 15 is 0 Å². The molecule has 6 heteroatoms. The highest BCUT2D eigenvalue weighted by Crippen LogP contribution is 2.39. The fraction of sp³-hybridized carbons (Fsp3) is 0.900. The van der Waals surface area contributed by atoms with Crippen LogP contribution in [0.1, 0.15) is 25.7 Å². The molecule has 0 unspecified atom stereocenters. The number of alkyl halides is 4. The minimum Gasteiger partial charge on any atom is -0.355 e. The minimum atomic E-state index is -4.11. The summed E-state index contributed by atoms with van der Waals surface area (Å²) in [5, 5.41) is 2.60. The van der Waals surface area contributed by atoms with E-state index in [1.165, 1.54) is 0 Å². The molecule has 16 heavy (non-hydrogen) atoms. The van der Waals surface area contributed by atoms with Gasteiger partial charge in [0.15, 0.2) is 0 Å². The third kappa shape index (κ3) is 3.85. The third-order valence-corrected chi connectivity index (χ3v) is 3.14. The van der Waals surface area contributed by atoms with Crippen molar-refractivity contribution in [2.75, 3.05) is 12.4 Å². The number of hydrogen-bond donors (Lipinski definition) is 1. The van der Waals surface area contributed by atoms with E-state index in [-0.39, 0.29) is 24.7 Å². The molecule has 1 fully saturated rings. The summed E-state index contributed by atoms with van der Waals surface area (Å²) in [4.78, 5) is 11.5. The maximum absolute atomic E-state index is 12.4. The van der Waals surface area contributed by atoms with E-state index in [0.717, 1.165) is 0 Å². The molecule has 1 aliphatic carbocycles. The van der Waals surface area contributed by atoms with Crippen molar-refractivity contribution in [1.82, 2.24) is 5.32 Å². The molecule has 1 saturated carbocycles. The first-order chi connectivity index (χ1) is 7.45. The van der Waals surface area contributed by atoms with Crippen LogP contribution in [0.3, 0.4) is 0 Å². The van der Waals surface area contributed by atoms with Crippen LogP contribution in [-0.2, 0) is 4.79 Å². The van der Waals surface area contributed by atoms with Crippen LogP contribution in [0.15, 0.2) is 0 Å². The Kier molecular flexibility index (Phi) is 4.89. The van der Waals surface area contributed by atoms with Gasteiger partial charge >= 0.3 is 6.18 Å². The Hall–Kier alpha value is -0.450. The molecule has 0 saturated heterocycles. The fourth-order valence-electron chi connectivity index (χ4n) is 2.00. The molecular weight excluding hydrogens is 243 g/mol. The van der Waals surface area contributed by atoms with Crippen LogP contribution in [0.25, 0.3) is 0 Å². The van der Waals surface area contributed by atoms with Crippen molar-refractivity contribution in [2.45, 2.75) is 31.9 Å². The van der Waals surface area contributed by atoms with E-state index in [1.54, 1.807) is 0 Å². The second-order valence-corrected chi connectivity index (χ2v) is 4.45. The summed E-state index contributed by atoms with van der Waals surface area (Å²) >= 11 is 5.40. The normalized spacial score (nSPS) is 26.5. The van der Waals surface area contributed by atoms with Crippen LogP contribution in [0.4, 0.5) is 13.2 Å². The Morgan fingerprint density at radius 3 is 2.25 bits per heavy atom. The number of amides is 1. The van der Waals surface area contributed by atoms with Crippen LogP contribution in [-0.4, -0.2) is 24.5 Å². The van der Waals surface area contributed by atoms with Crippen molar-refractivity contribution >= 4 is 17.5 Å². The van der Waals surface area contributed by atoms with E-state index in [1.807, 2.05) is 0 Å². The van der Waals surface area contributed by atoms with Gasteiger partial charge in [0.2, 0.25) is 5.91 Å². The van der Waals surface area contributed by atoms with Gasteiger partial charge in [0.25, 0.3) is 0 Å². The van der Waals surface area contributed by atoms with Crippen molar-refractivity contribution in [2.24, 2.45) is 11.8 Å². The molecule has 1 aliphatic rings. The van der Waals surface area contributed by atoms with Gasteiger partial charge < -0.3 is 5.32 Å². The molecule has 0 aromatic heterocycles. The molecule has 0 atom stereocenters. The van der Waals surface area contributed by atoms with Gasteiger partial charge in [-0.3, -0.25) is 4.79 Å². The summed E-state index contributed by atoms with van der Waals surface area (Å²) in [5.74, 6) is -1.35. The molecular formula is C10H15ClF3NO. The number of hydrogen-bond acceptors (Lipinski definition) is 1. The Bertz CT molecular complexity index is 237. The lowest BCUT2D eigenvalue weighted by Crippen LogP contribution is -2.36. The molecule has 1 rings (SSSR count). The van der Waals surface area contributed by atoms with Crippen LogP contribution < -0.4 is 5.32 Å².